The Labute approximate surface area is 110 Å². The van der Waals surface area contributed by atoms with Crippen molar-refractivity contribution < 1.29 is 0 Å². The van der Waals surface area contributed by atoms with E-state index in [1.165, 1.54) is 38.5 Å². The monoisotopic (exact) mass is 252 g/mol. The molecule has 17 heavy (non-hydrogen) atoms. The molecule has 4 rings (SSSR count). The lowest BCUT2D eigenvalue weighted by molar-refractivity contribution is -0.0710. The first kappa shape index (κ1) is 11.8. The zero-order valence-electron chi connectivity index (χ0n) is 10.7. The molecule has 0 aliphatic heterocycles. The van der Waals surface area contributed by atoms with Gasteiger partial charge in [-0.1, -0.05) is 6.92 Å². The highest BCUT2D eigenvalue weighted by Gasteiger charge is 2.53. The van der Waals surface area contributed by atoms with E-state index in [9.17, 15) is 0 Å². The molecule has 4 saturated carbocycles. The van der Waals surface area contributed by atoms with Crippen molar-refractivity contribution in [1.82, 2.24) is 5.32 Å². The Morgan fingerprint density at radius 1 is 1.24 bits per heavy atom. The molecule has 0 saturated heterocycles. The fourth-order valence-corrected chi connectivity index (χ4v) is 5.61. The van der Waals surface area contributed by atoms with E-state index in [-0.39, 0.29) is 0 Å². The van der Waals surface area contributed by atoms with Crippen molar-refractivity contribution in [1.29, 1.82) is 0 Å². The van der Waals surface area contributed by atoms with Crippen molar-refractivity contribution in [2.24, 2.45) is 28.9 Å². The summed E-state index contributed by atoms with van der Waals surface area (Å²) in [4.78, 5) is 0. The minimum absolute atomic E-state index is 0.493. The molecule has 1 atom stereocenters. The first-order valence-corrected chi connectivity index (χ1v) is 7.58. The third-order valence-electron chi connectivity index (χ3n) is 5.55. The largest absolute Gasteiger partial charge is 0.376 e. The zero-order valence-corrected chi connectivity index (χ0v) is 11.6. The molecule has 0 amide bonds. The normalized spacial score (nSPS) is 44.6. The maximum atomic E-state index is 5.71. The molecular formula is C14H24N2S. The van der Waals surface area contributed by atoms with Crippen LogP contribution in [0.4, 0.5) is 0 Å². The van der Waals surface area contributed by atoms with Crippen LogP contribution in [0.15, 0.2) is 0 Å². The van der Waals surface area contributed by atoms with E-state index in [2.05, 4.69) is 12.2 Å². The van der Waals surface area contributed by atoms with Gasteiger partial charge in [0.2, 0.25) is 0 Å². The first-order chi connectivity index (χ1) is 8.11. The Bertz CT molecular complexity index is 291. The van der Waals surface area contributed by atoms with E-state index in [1.807, 2.05) is 0 Å². The standard InChI is InChI=1S/C14H24N2S/c1-2-12(16-13(15)17)14-6-9-3-10(7-14)5-11(4-9)8-14/h9-12H,2-8H2,1H3,(H3,15,16,17). The van der Waals surface area contributed by atoms with E-state index in [0.29, 0.717) is 16.6 Å². The molecule has 0 spiro atoms. The average Bonchev–Trinajstić information content (AvgIpc) is 2.23. The number of hydrogen-bond donors (Lipinski definition) is 2. The van der Waals surface area contributed by atoms with Crippen LogP contribution in [0, 0.1) is 23.2 Å². The van der Waals surface area contributed by atoms with Crippen LogP contribution >= 0.6 is 12.2 Å². The minimum atomic E-state index is 0.493. The molecule has 0 aromatic heterocycles. The maximum Gasteiger partial charge on any atom is 0.163 e. The summed E-state index contributed by atoms with van der Waals surface area (Å²) in [5.41, 5.74) is 6.23. The third-order valence-corrected chi connectivity index (χ3v) is 5.67. The van der Waals surface area contributed by atoms with Gasteiger partial charge in [0.25, 0.3) is 0 Å². The molecule has 1 unspecified atom stereocenters. The van der Waals surface area contributed by atoms with Crippen molar-refractivity contribution in [2.75, 3.05) is 0 Å². The molecular weight excluding hydrogens is 228 g/mol. The highest BCUT2D eigenvalue weighted by atomic mass is 32.1. The van der Waals surface area contributed by atoms with Gasteiger partial charge in [-0.2, -0.15) is 0 Å². The summed E-state index contributed by atoms with van der Waals surface area (Å²) in [6, 6.07) is 0.522. The van der Waals surface area contributed by atoms with Crippen LogP contribution in [0.2, 0.25) is 0 Å². The fraction of sp³-hybridized carbons (Fsp3) is 0.929. The summed E-state index contributed by atoms with van der Waals surface area (Å²) in [5.74, 6) is 3.01. The molecule has 4 bridgehead atoms. The van der Waals surface area contributed by atoms with Gasteiger partial charge in [-0.05, 0) is 80.3 Å². The van der Waals surface area contributed by atoms with E-state index in [1.54, 1.807) is 0 Å². The molecule has 0 radical (unpaired) electrons. The average molecular weight is 252 g/mol. The summed E-state index contributed by atoms with van der Waals surface area (Å²) in [6.45, 7) is 2.27. The van der Waals surface area contributed by atoms with Gasteiger partial charge in [0.05, 0.1) is 0 Å². The highest BCUT2D eigenvalue weighted by Crippen LogP contribution is 2.61. The molecule has 2 nitrogen and oxygen atoms in total. The molecule has 0 aromatic rings. The smallest absolute Gasteiger partial charge is 0.163 e. The minimum Gasteiger partial charge on any atom is -0.376 e. The van der Waals surface area contributed by atoms with Crippen LogP contribution in [0.25, 0.3) is 0 Å². The predicted octanol–water partition coefficient (Wildman–Crippen LogP) is 2.81. The Morgan fingerprint density at radius 2 is 1.71 bits per heavy atom. The Morgan fingerprint density at radius 3 is 2.06 bits per heavy atom. The lowest BCUT2D eigenvalue weighted by Gasteiger charge is -2.59. The van der Waals surface area contributed by atoms with Gasteiger partial charge < -0.3 is 11.1 Å². The molecule has 96 valence electrons. The van der Waals surface area contributed by atoms with Gasteiger partial charge in [0.1, 0.15) is 0 Å². The lowest BCUT2D eigenvalue weighted by Crippen LogP contribution is -2.57. The van der Waals surface area contributed by atoms with Crippen molar-refractivity contribution in [3.63, 3.8) is 0 Å². The van der Waals surface area contributed by atoms with Gasteiger partial charge in [0, 0.05) is 6.04 Å². The van der Waals surface area contributed by atoms with Crippen LogP contribution in [0.5, 0.6) is 0 Å². The number of hydrogen-bond acceptors (Lipinski definition) is 1. The fourth-order valence-electron chi connectivity index (χ4n) is 5.46. The number of thiocarbonyl (C=S) groups is 1. The van der Waals surface area contributed by atoms with Crippen LogP contribution in [-0.4, -0.2) is 11.2 Å². The van der Waals surface area contributed by atoms with Gasteiger partial charge in [-0.25, -0.2) is 0 Å². The molecule has 4 fully saturated rings. The summed E-state index contributed by atoms with van der Waals surface area (Å²) in [6.07, 6.45) is 9.94. The van der Waals surface area contributed by atoms with E-state index < -0.39 is 0 Å². The maximum absolute atomic E-state index is 5.71. The number of rotatable bonds is 3. The van der Waals surface area contributed by atoms with Crippen molar-refractivity contribution in [3.05, 3.63) is 0 Å². The molecule has 0 heterocycles. The number of nitrogens with two attached hydrogens (primary N) is 1. The van der Waals surface area contributed by atoms with E-state index >= 15 is 0 Å². The van der Waals surface area contributed by atoms with Crippen molar-refractivity contribution >= 4 is 17.3 Å². The second-order valence-corrected chi connectivity index (χ2v) is 7.19. The van der Waals surface area contributed by atoms with E-state index in [4.69, 9.17) is 18.0 Å². The summed E-state index contributed by atoms with van der Waals surface area (Å²) < 4.78 is 0. The Balaban J connectivity index is 1.82. The second-order valence-electron chi connectivity index (χ2n) is 6.75. The summed E-state index contributed by atoms with van der Waals surface area (Å²) >= 11 is 5.06. The van der Waals surface area contributed by atoms with E-state index in [0.717, 1.165) is 24.2 Å². The van der Waals surface area contributed by atoms with Gasteiger partial charge in [-0.3, -0.25) is 0 Å². The molecule has 3 N–H and O–H groups in total. The predicted molar refractivity (Wildman–Crippen MR) is 74.6 cm³/mol. The number of nitrogens with one attached hydrogen (secondary N) is 1. The van der Waals surface area contributed by atoms with Gasteiger partial charge in [-0.15, -0.1) is 0 Å². The van der Waals surface area contributed by atoms with Crippen molar-refractivity contribution in [2.45, 2.75) is 57.9 Å². The summed E-state index contributed by atoms with van der Waals surface area (Å²) in [7, 11) is 0. The van der Waals surface area contributed by atoms with Crippen LogP contribution in [0.1, 0.15) is 51.9 Å². The molecule has 4 aliphatic carbocycles. The van der Waals surface area contributed by atoms with Gasteiger partial charge >= 0.3 is 0 Å². The molecule has 3 heteroatoms. The Kier molecular flexibility index (Phi) is 2.85. The molecule has 4 aliphatic rings. The van der Waals surface area contributed by atoms with Crippen LogP contribution in [-0.2, 0) is 0 Å². The van der Waals surface area contributed by atoms with Crippen LogP contribution < -0.4 is 11.1 Å². The summed E-state index contributed by atoms with van der Waals surface area (Å²) in [5, 5.41) is 3.89. The topological polar surface area (TPSA) is 38.0 Å². The highest BCUT2D eigenvalue weighted by molar-refractivity contribution is 7.80. The SMILES string of the molecule is CCC(NC(N)=S)C12CC3CC(CC(C3)C1)C2. The van der Waals surface area contributed by atoms with Gasteiger partial charge in [0.15, 0.2) is 5.11 Å². The van der Waals surface area contributed by atoms with Crippen molar-refractivity contribution in [3.8, 4) is 0 Å². The quantitative estimate of drug-likeness (QED) is 0.759. The lowest BCUT2D eigenvalue weighted by atomic mass is 9.47. The van der Waals surface area contributed by atoms with Crippen LogP contribution in [0.3, 0.4) is 0 Å². The first-order valence-electron chi connectivity index (χ1n) is 7.17. The Hall–Kier alpha value is -0.310. The zero-order chi connectivity index (χ0) is 12.0. The molecule has 0 aromatic carbocycles. The third kappa shape index (κ3) is 1.96. The second kappa shape index (κ2) is 4.11.